The number of nitrogens with zero attached hydrogens (tertiary/aromatic N) is 5. The van der Waals surface area contributed by atoms with Crippen molar-refractivity contribution in [2.75, 3.05) is 19.7 Å². The van der Waals surface area contributed by atoms with E-state index in [2.05, 4.69) is 15.2 Å². The molecule has 1 aliphatic rings. The Labute approximate surface area is 175 Å². The summed E-state index contributed by atoms with van der Waals surface area (Å²) in [6.07, 6.45) is 4.11. The first-order valence-electron chi connectivity index (χ1n) is 10.00. The van der Waals surface area contributed by atoms with E-state index < -0.39 is 10.0 Å². The van der Waals surface area contributed by atoms with E-state index in [0.717, 1.165) is 11.3 Å². The Morgan fingerprint density at radius 3 is 2.97 bits per heavy atom. The minimum absolute atomic E-state index is 0.111. The molecule has 1 atom stereocenters. The van der Waals surface area contributed by atoms with Crippen molar-refractivity contribution < 1.29 is 17.7 Å². The van der Waals surface area contributed by atoms with Gasteiger partial charge in [-0.1, -0.05) is 17.3 Å². The Morgan fingerprint density at radius 1 is 1.33 bits per heavy atom. The number of aromatic nitrogens is 4. The number of rotatable bonds is 8. The fourth-order valence-corrected chi connectivity index (χ4v) is 4.90. The number of hydrogen-bond donors (Lipinski definition) is 0. The molecule has 1 aliphatic heterocycles. The summed E-state index contributed by atoms with van der Waals surface area (Å²) in [7, 11) is -3.57. The zero-order valence-electron chi connectivity index (χ0n) is 17.1. The largest absolute Gasteiger partial charge is 0.493 e. The van der Waals surface area contributed by atoms with Gasteiger partial charge in [-0.05, 0) is 38.0 Å². The van der Waals surface area contributed by atoms with Gasteiger partial charge in [-0.3, -0.25) is 4.68 Å². The molecule has 0 N–H and O–H groups in total. The summed E-state index contributed by atoms with van der Waals surface area (Å²) in [5, 5.41) is 8.09. The van der Waals surface area contributed by atoms with Crippen LogP contribution < -0.4 is 4.74 Å². The second-order valence-corrected chi connectivity index (χ2v) is 9.28. The van der Waals surface area contributed by atoms with Crippen molar-refractivity contribution in [3.8, 4) is 5.75 Å². The zero-order chi connectivity index (χ0) is 21.1. The standard InChI is InChI=1S/C20H25N5O4S/c1-3-24-14-18(12-21-24)30(26,27)25-9-7-16(13-25)20-22-19(23-29-20)8-10-28-17-6-4-5-15(2)11-17/h4-6,11-12,14,16H,3,7-10,13H2,1-2H3. The van der Waals surface area contributed by atoms with Crippen LogP contribution in [0.5, 0.6) is 5.75 Å². The second-order valence-electron chi connectivity index (χ2n) is 7.34. The predicted octanol–water partition coefficient (Wildman–Crippen LogP) is 2.39. The molecule has 3 aromatic rings. The van der Waals surface area contributed by atoms with Gasteiger partial charge in [0.25, 0.3) is 0 Å². The second kappa shape index (κ2) is 8.57. The monoisotopic (exact) mass is 431 g/mol. The van der Waals surface area contributed by atoms with Crippen LogP contribution in [0.3, 0.4) is 0 Å². The molecule has 0 spiro atoms. The summed E-state index contributed by atoms with van der Waals surface area (Å²) in [4.78, 5) is 4.66. The van der Waals surface area contributed by atoms with Crippen molar-refractivity contribution in [1.82, 2.24) is 24.2 Å². The molecule has 0 amide bonds. The van der Waals surface area contributed by atoms with E-state index in [9.17, 15) is 8.42 Å². The summed E-state index contributed by atoms with van der Waals surface area (Å²) in [6.45, 7) is 5.72. The van der Waals surface area contributed by atoms with Crippen LogP contribution in [0.15, 0.2) is 46.1 Å². The summed E-state index contributed by atoms with van der Waals surface area (Å²) >= 11 is 0. The molecular formula is C20H25N5O4S. The van der Waals surface area contributed by atoms with Gasteiger partial charge in [-0.15, -0.1) is 0 Å². The van der Waals surface area contributed by atoms with Crippen molar-refractivity contribution in [2.24, 2.45) is 0 Å². The molecule has 30 heavy (non-hydrogen) atoms. The van der Waals surface area contributed by atoms with Crippen LogP contribution in [0.25, 0.3) is 0 Å². The minimum Gasteiger partial charge on any atom is -0.493 e. The molecule has 1 aromatic carbocycles. The van der Waals surface area contributed by atoms with Gasteiger partial charge in [0.2, 0.25) is 15.9 Å². The van der Waals surface area contributed by atoms with Crippen LogP contribution in [0, 0.1) is 6.92 Å². The third kappa shape index (κ3) is 4.39. The first kappa shape index (κ1) is 20.5. The lowest BCUT2D eigenvalue weighted by atomic mass is 10.1. The van der Waals surface area contributed by atoms with E-state index in [4.69, 9.17) is 9.26 Å². The van der Waals surface area contributed by atoms with Crippen LogP contribution in [0.2, 0.25) is 0 Å². The maximum atomic E-state index is 12.8. The highest BCUT2D eigenvalue weighted by Gasteiger charge is 2.36. The Bertz CT molecular complexity index is 1110. The molecule has 4 rings (SSSR count). The van der Waals surface area contributed by atoms with Crippen LogP contribution in [-0.2, 0) is 23.0 Å². The van der Waals surface area contributed by atoms with Crippen LogP contribution >= 0.6 is 0 Å². The molecule has 9 nitrogen and oxygen atoms in total. The maximum absolute atomic E-state index is 12.8. The molecule has 0 bridgehead atoms. The lowest BCUT2D eigenvalue weighted by Crippen LogP contribution is -2.28. The molecular weight excluding hydrogens is 406 g/mol. The molecule has 0 radical (unpaired) electrons. The molecule has 1 saturated heterocycles. The van der Waals surface area contributed by atoms with E-state index in [0.29, 0.717) is 50.8 Å². The number of aryl methyl sites for hydroxylation is 2. The van der Waals surface area contributed by atoms with Gasteiger partial charge in [-0.2, -0.15) is 14.4 Å². The maximum Gasteiger partial charge on any atom is 0.246 e. The van der Waals surface area contributed by atoms with E-state index in [1.165, 1.54) is 10.5 Å². The van der Waals surface area contributed by atoms with E-state index in [1.807, 2.05) is 38.1 Å². The first-order valence-corrected chi connectivity index (χ1v) is 11.4. The molecule has 1 unspecified atom stereocenters. The van der Waals surface area contributed by atoms with Gasteiger partial charge >= 0.3 is 0 Å². The number of hydrogen-bond acceptors (Lipinski definition) is 7. The van der Waals surface area contributed by atoms with Crippen molar-refractivity contribution in [1.29, 1.82) is 0 Å². The summed E-state index contributed by atoms with van der Waals surface area (Å²) < 4.78 is 39.9. The number of sulfonamides is 1. The van der Waals surface area contributed by atoms with Crippen LogP contribution in [-0.4, -0.2) is 52.3 Å². The fourth-order valence-electron chi connectivity index (χ4n) is 3.45. The topological polar surface area (TPSA) is 103 Å². The van der Waals surface area contributed by atoms with Gasteiger partial charge in [0, 0.05) is 32.3 Å². The minimum atomic E-state index is -3.57. The van der Waals surface area contributed by atoms with Gasteiger partial charge in [0.05, 0.1) is 18.7 Å². The molecule has 2 aromatic heterocycles. The van der Waals surface area contributed by atoms with Crippen molar-refractivity contribution in [2.45, 2.75) is 44.0 Å². The van der Waals surface area contributed by atoms with Gasteiger partial charge in [-0.25, -0.2) is 8.42 Å². The summed E-state index contributed by atoms with van der Waals surface area (Å²) in [5.41, 5.74) is 1.14. The van der Waals surface area contributed by atoms with Crippen molar-refractivity contribution in [3.63, 3.8) is 0 Å². The lowest BCUT2D eigenvalue weighted by Gasteiger charge is -2.14. The third-order valence-electron chi connectivity index (χ3n) is 5.14. The SMILES string of the molecule is CCn1cc(S(=O)(=O)N2CCC(c3nc(CCOc4cccc(C)c4)no3)C2)cn1. The average molecular weight is 432 g/mol. The molecule has 10 heteroatoms. The number of benzene rings is 1. The highest BCUT2D eigenvalue weighted by molar-refractivity contribution is 7.89. The van der Waals surface area contributed by atoms with E-state index in [1.54, 1.807) is 10.9 Å². The van der Waals surface area contributed by atoms with Gasteiger partial charge in [0.15, 0.2) is 5.82 Å². The smallest absolute Gasteiger partial charge is 0.246 e. The number of ether oxygens (including phenoxy) is 1. The molecule has 1 fully saturated rings. The molecule has 0 aliphatic carbocycles. The van der Waals surface area contributed by atoms with E-state index >= 15 is 0 Å². The Kier molecular flexibility index (Phi) is 5.87. The predicted molar refractivity (Wildman–Crippen MR) is 109 cm³/mol. The molecule has 0 saturated carbocycles. The van der Waals surface area contributed by atoms with Gasteiger partial charge in [0.1, 0.15) is 10.6 Å². The zero-order valence-corrected chi connectivity index (χ0v) is 17.9. The normalized spacial score (nSPS) is 17.5. The lowest BCUT2D eigenvalue weighted by molar-refractivity contribution is 0.312. The first-order chi connectivity index (χ1) is 14.5. The van der Waals surface area contributed by atoms with E-state index in [-0.39, 0.29) is 10.8 Å². The average Bonchev–Trinajstić information content (AvgIpc) is 3.47. The van der Waals surface area contributed by atoms with Crippen LogP contribution in [0.1, 0.15) is 36.5 Å². The Morgan fingerprint density at radius 2 is 2.20 bits per heavy atom. The van der Waals surface area contributed by atoms with Crippen LogP contribution in [0.4, 0.5) is 0 Å². The Hall–Kier alpha value is -2.72. The van der Waals surface area contributed by atoms with Gasteiger partial charge < -0.3 is 9.26 Å². The highest BCUT2D eigenvalue weighted by atomic mass is 32.2. The van der Waals surface area contributed by atoms with Crippen molar-refractivity contribution in [3.05, 3.63) is 53.9 Å². The highest BCUT2D eigenvalue weighted by Crippen LogP contribution is 2.30. The summed E-state index contributed by atoms with van der Waals surface area (Å²) in [6, 6.07) is 7.84. The third-order valence-corrected chi connectivity index (χ3v) is 6.96. The quantitative estimate of drug-likeness (QED) is 0.539. The Balaban J connectivity index is 1.34. The summed E-state index contributed by atoms with van der Waals surface area (Å²) in [5.74, 6) is 1.73. The fraction of sp³-hybridized carbons (Fsp3) is 0.450. The molecule has 3 heterocycles. The van der Waals surface area contributed by atoms with Crippen molar-refractivity contribution >= 4 is 10.0 Å². The molecule has 160 valence electrons.